The molecule has 6 rings (SSSR count). The first-order chi connectivity index (χ1) is 29.3. The SMILES string of the molecule is COc1ccc(CN(c2ccncn2)S(=O)(=O)c2cc(Cl)c(NC3CC[C@H](c4cccc(C)c4)C[C@@H]3NC(=O)[C@@H](NC(=O)OCc3ccccc3)C(C)C)cc2F)c(OC)c1. The van der Waals surface area contributed by atoms with E-state index >= 15 is 4.39 Å². The average Bonchev–Trinajstić information content (AvgIpc) is 3.26. The van der Waals surface area contributed by atoms with Crippen molar-refractivity contribution in [1.29, 1.82) is 0 Å². The molecule has 3 N–H and O–H groups in total. The molecule has 1 aliphatic carbocycles. The Balaban J connectivity index is 1.26. The van der Waals surface area contributed by atoms with E-state index in [1.54, 1.807) is 18.2 Å². The van der Waals surface area contributed by atoms with Crippen molar-refractivity contribution in [2.75, 3.05) is 23.8 Å². The van der Waals surface area contributed by atoms with Crippen molar-refractivity contribution >= 4 is 45.1 Å². The lowest BCUT2D eigenvalue weighted by atomic mass is 9.78. The summed E-state index contributed by atoms with van der Waals surface area (Å²) in [5.74, 6) is -0.833. The number of aromatic nitrogens is 2. The summed E-state index contributed by atoms with van der Waals surface area (Å²) in [5, 5.41) is 9.16. The summed E-state index contributed by atoms with van der Waals surface area (Å²) in [6.07, 6.45) is 3.65. The van der Waals surface area contributed by atoms with E-state index in [1.807, 2.05) is 63.2 Å². The Morgan fingerprint density at radius 1 is 0.951 bits per heavy atom. The van der Waals surface area contributed by atoms with Gasteiger partial charge < -0.3 is 30.2 Å². The molecular formula is C45H50ClFN6O7S. The Kier molecular flexibility index (Phi) is 14.7. The van der Waals surface area contributed by atoms with Crippen LogP contribution in [0, 0.1) is 18.7 Å². The Labute approximate surface area is 361 Å². The molecule has 1 aromatic heterocycles. The zero-order chi connectivity index (χ0) is 43.7. The molecule has 322 valence electrons. The number of rotatable bonds is 16. The Morgan fingerprint density at radius 3 is 2.43 bits per heavy atom. The molecule has 1 aliphatic rings. The number of alkyl carbamates (subject to hydrolysis) is 1. The number of benzene rings is 4. The lowest BCUT2D eigenvalue weighted by molar-refractivity contribution is -0.125. The van der Waals surface area contributed by atoms with Gasteiger partial charge in [0.1, 0.15) is 47.0 Å². The maximum Gasteiger partial charge on any atom is 0.408 e. The smallest absolute Gasteiger partial charge is 0.408 e. The highest BCUT2D eigenvalue weighted by atomic mass is 35.5. The molecule has 0 saturated heterocycles. The predicted molar refractivity (Wildman–Crippen MR) is 232 cm³/mol. The second-order valence-corrected chi connectivity index (χ2v) is 17.5. The fourth-order valence-electron chi connectivity index (χ4n) is 7.44. The summed E-state index contributed by atoms with van der Waals surface area (Å²) in [6.45, 7) is 5.44. The topological polar surface area (TPSA) is 161 Å². The van der Waals surface area contributed by atoms with Gasteiger partial charge >= 0.3 is 6.09 Å². The standard InChI is InChI=1S/C45H50ClFN6O7S/c1-28(2)43(52-45(55)60-26-30-11-7-6-8-12-30)44(54)51-39-21-32(31-13-9-10-29(3)20-31)15-17-37(39)50-38-24-36(47)41(23-35(38)46)61(56,57)53(42-18-19-48-27-49-42)25-33-14-16-34(58-4)22-40(33)59-5/h6-14,16,18-20,22-24,27-28,32,37,39,43,50H,15,17,21,25-26H2,1-5H3,(H,51,54)(H,52,55)/t32-,37?,39-,43-/m0/s1. The molecule has 0 aliphatic heterocycles. The molecule has 16 heteroatoms. The second kappa shape index (κ2) is 20.1. The van der Waals surface area contributed by atoms with Gasteiger partial charge in [0.25, 0.3) is 10.0 Å². The molecular weight excluding hydrogens is 823 g/mol. The molecule has 1 heterocycles. The fraction of sp³-hybridized carbons (Fsp3) is 0.333. The molecule has 61 heavy (non-hydrogen) atoms. The van der Waals surface area contributed by atoms with E-state index in [1.165, 1.54) is 32.8 Å². The highest BCUT2D eigenvalue weighted by Gasteiger charge is 2.37. The number of nitrogens with one attached hydrogen (secondary N) is 3. The van der Waals surface area contributed by atoms with Crippen LogP contribution in [0.15, 0.2) is 108 Å². The van der Waals surface area contributed by atoms with Crippen LogP contribution >= 0.6 is 11.6 Å². The van der Waals surface area contributed by atoms with E-state index in [0.29, 0.717) is 29.9 Å². The monoisotopic (exact) mass is 872 g/mol. The van der Waals surface area contributed by atoms with Crippen LogP contribution in [0.25, 0.3) is 0 Å². The maximum absolute atomic E-state index is 16.4. The molecule has 4 aromatic carbocycles. The van der Waals surface area contributed by atoms with Crippen LogP contribution in [-0.4, -0.2) is 62.7 Å². The van der Waals surface area contributed by atoms with Crippen molar-refractivity contribution in [2.45, 2.75) is 82.1 Å². The summed E-state index contributed by atoms with van der Waals surface area (Å²) < 4.78 is 62.4. The van der Waals surface area contributed by atoms with Crippen LogP contribution in [0.1, 0.15) is 61.3 Å². The quantitative estimate of drug-likeness (QED) is 0.0883. The van der Waals surface area contributed by atoms with E-state index in [2.05, 4.69) is 38.1 Å². The number of anilines is 2. The van der Waals surface area contributed by atoms with Gasteiger partial charge in [0.05, 0.1) is 31.5 Å². The first kappa shape index (κ1) is 44.6. The number of amides is 2. The van der Waals surface area contributed by atoms with Crippen molar-refractivity contribution in [3.05, 3.63) is 137 Å². The summed E-state index contributed by atoms with van der Waals surface area (Å²) >= 11 is 6.82. The van der Waals surface area contributed by atoms with Crippen LogP contribution in [-0.2, 0) is 32.7 Å². The number of methoxy groups -OCH3 is 2. The Hall–Kier alpha value is -5.93. The number of halogens is 2. The second-order valence-electron chi connectivity index (χ2n) is 15.2. The van der Waals surface area contributed by atoms with Crippen LogP contribution in [0.4, 0.5) is 20.7 Å². The summed E-state index contributed by atoms with van der Waals surface area (Å²) in [4.78, 5) is 34.3. The van der Waals surface area contributed by atoms with Gasteiger partial charge in [-0.1, -0.05) is 85.6 Å². The molecule has 0 radical (unpaired) electrons. The molecule has 13 nitrogen and oxygen atoms in total. The third kappa shape index (κ3) is 11.1. The number of carbonyl (C=O) groups excluding carboxylic acids is 2. The molecule has 4 atom stereocenters. The van der Waals surface area contributed by atoms with Crippen molar-refractivity contribution in [3.8, 4) is 11.5 Å². The number of aryl methyl sites for hydroxylation is 1. The van der Waals surface area contributed by atoms with Crippen LogP contribution < -0.4 is 29.7 Å². The highest BCUT2D eigenvalue weighted by Crippen LogP contribution is 2.38. The molecule has 1 unspecified atom stereocenters. The Bertz CT molecular complexity index is 2410. The minimum atomic E-state index is -4.64. The van der Waals surface area contributed by atoms with Gasteiger partial charge in [-0.2, -0.15) is 0 Å². The van der Waals surface area contributed by atoms with E-state index in [9.17, 15) is 18.0 Å². The van der Waals surface area contributed by atoms with Crippen molar-refractivity contribution < 1.29 is 36.6 Å². The van der Waals surface area contributed by atoms with E-state index in [0.717, 1.165) is 39.5 Å². The third-order valence-electron chi connectivity index (χ3n) is 10.7. The van der Waals surface area contributed by atoms with Crippen LogP contribution in [0.5, 0.6) is 11.5 Å². The maximum atomic E-state index is 16.4. The van der Waals surface area contributed by atoms with Gasteiger partial charge in [0, 0.05) is 36.0 Å². The highest BCUT2D eigenvalue weighted by molar-refractivity contribution is 7.92. The first-order valence-corrected chi connectivity index (χ1v) is 21.7. The van der Waals surface area contributed by atoms with Gasteiger partial charge in [0.2, 0.25) is 5.91 Å². The molecule has 2 amide bonds. The minimum Gasteiger partial charge on any atom is -0.497 e. The van der Waals surface area contributed by atoms with Gasteiger partial charge in [-0.25, -0.2) is 31.9 Å². The lowest BCUT2D eigenvalue weighted by Gasteiger charge is -2.39. The van der Waals surface area contributed by atoms with Crippen LogP contribution in [0.2, 0.25) is 5.02 Å². The number of carbonyl (C=O) groups is 2. The van der Waals surface area contributed by atoms with Gasteiger partial charge in [-0.05, 0) is 73.4 Å². The summed E-state index contributed by atoms with van der Waals surface area (Å²) in [7, 11) is -1.70. The minimum absolute atomic E-state index is 0.00630. The molecule has 0 bridgehead atoms. The van der Waals surface area contributed by atoms with Gasteiger partial charge in [0.15, 0.2) is 0 Å². The number of hydrogen-bond acceptors (Lipinski definition) is 10. The number of ether oxygens (including phenoxy) is 3. The first-order valence-electron chi connectivity index (χ1n) is 19.9. The normalized spacial score (nSPS) is 16.9. The van der Waals surface area contributed by atoms with Crippen molar-refractivity contribution in [3.63, 3.8) is 0 Å². The number of nitrogens with zero attached hydrogens (tertiary/aromatic N) is 3. The average molecular weight is 873 g/mol. The number of hydrogen-bond donors (Lipinski definition) is 3. The largest absolute Gasteiger partial charge is 0.497 e. The summed E-state index contributed by atoms with van der Waals surface area (Å²) in [6, 6.07) is 24.0. The fourth-order valence-corrected chi connectivity index (χ4v) is 9.20. The molecule has 5 aromatic rings. The van der Waals surface area contributed by atoms with Crippen LogP contribution in [0.3, 0.4) is 0 Å². The third-order valence-corrected chi connectivity index (χ3v) is 12.8. The van der Waals surface area contributed by atoms with E-state index < -0.39 is 50.9 Å². The van der Waals surface area contributed by atoms with Gasteiger partial charge in [-0.3, -0.25) is 4.79 Å². The number of sulfonamides is 1. The van der Waals surface area contributed by atoms with E-state index in [4.69, 9.17) is 25.8 Å². The molecule has 1 saturated carbocycles. The lowest BCUT2D eigenvalue weighted by Crippen LogP contribution is -2.56. The van der Waals surface area contributed by atoms with Crippen molar-refractivity contribution in [2.24, 2.45) is 5.92 Å². The molecule has 1 fully saturated rings. The zero-order valence-electron chi connectivity index (χ0n) is 34.6. The van der Waals surface area contributed by atoms with E-state index in [-0.39, 0.29) is 41.5 Å². The van der Waals surface area contributed by atoms with Gasteiger partial charge in [-0.15, -0.1) is 0 Å². The summed E-state index contributed by atoms with van der Waals surface area (Å²) in [5.41, 5.74) is 3.64. The van der Waals surface area contributed by atoms with Crippen molar-refractivity contribution in [1.82, 2.24) is 20.6 Å². The predicted octanol–water partition coefficient (Wildman–Crippen LogP) is 8.17. The Morgan fingerprint density at radius 2 is 1.74 bits per heavy atom. The molecule has 0 spiro atoms. The zero-order valence-corrected chi connectivity index (χ0v) is 36.2.